The van der Waals surface area contributed by atoms with Crippen LogP contribution in [0.4, 0.5) is 0 Å². The van der Waals surface area contributed by atoms with Crippen molar-refractivity contribution >= 4 is 39.7 Å². The smallest absolute Gasteiger partial charge is 0.142 e. The molecule has 170 valence electrons. The van der Waals surface area contributed by atoms with E-state index in [1.807, 2.05) is 42.5 Å². The largest absolute Gasteiger partial charge is 0.376 e. The van der Waals surface area contributed by atoms with Crippen LogP contribution in [0, 0.1) is 0 Å². The van der Waals surface area contributed by atoms with Gasteiger partial charge in [-0.2, -0.15) is 0 Å². The number of rotatable bonds is 5. The van der Waals surface area contributed by atoms with Gasteiger partial charge in [0.1, 0.15) is 5.60 Å². The number of hydrogen-bond acceptors (Lipinski definition) is 3. The van der Waals surface area contributed by atoms with Gasteiger partial charge in [0.05, 0.1) is 16.2 Å². The maximum absolute atomic E-state index is 12.2. The minimum atomic E-state index is -1.47. The lowest BCUT2D eigenvalue weighted by molar-refractivity contribution is 0.125. The zero-order valence-corrected chi connectivity index (χ0v) is 20.5. The van der Waals surface area contributed by atoms with Crippen LogP contribution < -0.4 is 0 Å². The molecule has 1 N–H and O–H groups in total. The van der Waals surface area contributed by atoms with E-state index in [1.54, 1.807) is 24.5 Å². The molecule has 2 aromatic heterocycles. The summed E-state index contributed by atoms with van der Waals surface area (Å²) < 4.78 is 0. The van der Waals surface area contributed by atoms with E-state index in [0.29, 0.717) is 26.7 Å². The third-order valence-corrected chi connectivity index (χ3v) is 6.96. The number of hydrogen-bond donors (Lipinski definition) is 1. The molecule has 0 radical (unpaired) electrons. The second-order valence-electron chi connectivity index (χ2n) is 8.83. The molecule has 2 aromatic carbocycles. The number of halogens is 2. The summed E-state index contributed by atoms with van der Waals surface area (Å²) in [6.45, 7) is 4.25. The van der Waals surface area contributed by atoms with E-state index in [-0.39, 0.29) is 5.92 Å². The average molecular weight is 487 g/mol. The summed E-state index contributed by atoms with van der Waals surface area (Å²) in [6.07, 6.45) is 10.7. The molecule has 1 aliphatic rings. The molecule has 2 heterocycles. The molecule has 5 heteroatoms. The Labute approximate surface area is 209 Å². The number of allylic oxidation sites excluding steroid dienone is 4. The Kier molecular flexibility index (Phi) is 6.03. The average Bonchev–Trinajstić information content (AvgIpc) is 3.38. The van der Waals surface area contributed by atoms with E-state index in [1.165, 1.54) is 0 Å². The van der Waals surface area contributed by atoms with Crippen LogP contribution in [-0.2, 0) is 5.60 Å². The number of benzene rings is 2. The first-order chi connectivity index (χ1) is 16.4. The molecular formula is C29H24Cl2N2O. The van der Waals surface area contributed by atoms with Gasteiger partial charge in [0, 0.05) is 33.9 Å². The molecule has 1 atom stereocenters. The molecular weight excluding hydrogens is 463 g/mol. The molecule has 0 spiro atoms. The first-order valence-corrected chi connectivity index (χ1v) is 12.0. The van der Waals surface area contributed by atoms with E-state index in [4.69, 9.17) is 28.2 Å². The second-order valence-corrected chi connectivity index (χ2v) is 9.65. The molecule has 0 saturated heterocycles. The molecule has 34 heavy (non-hydrogen) atoms. The quantitative estimate of drug-likeness (QED) is 0.314. The first-order valence-electron chi connectivity index (χ1n) is 11.3. The van der Waals surface area contributed by atoms with Crippen molar-refractivity contribution in [2.45, 2.75) is 31.8 Å². The van der Waals surface area contributed by atoms with E-state index < -0.39 is 5.60 Å². The Morgan fingerprint density at radius 2 is 1.76 bits per heavy atom. The van der Waals surface area contributed by atoms with Crippen LogP contribution in [0.5, 0.6) is 0 Å². The van der Waals surface area contributed by atoms with Gasteiger partial charge in [-0.1, -0.05) is 79.5 Å². The fourth-order valence-electron chi connectivity index (χ4n) is 4.64. The van der Waals surface area contributed by atoms with E-state index in [2.05, 4.69) is 37.1 Å². The van der Waals surface area contributed by atoms with Crippen molar-refractivity contribution in [3.05, 3.63) is 123 Å². The summed E-state index contributed by atoms with van der Waals surface area (Å²) in [7, 11) is 0. The van der Waals surface area contributed by atoms with Gasteiger partial charge in [-0.25, -0.2) is 4.98 Å². The minimum Gasteiger partial charge on any atom is -0.376 e. The van der Waals surface area contributed by atoms with E-state index in [0.717, 1.165) is 34.2 Å². The van der Waals surface area contributed by atoms with Crippen molar-refractivity contribution in [1.29, 1.82) is 0 Å². The predicted octanol–water partition coefficient (Wildman–Crippen LogP) is 7.69. The number of aliphatic hydroxyl groups is 1. The Morgan fingerprint density at radius 1 is 0.971 bits per heavy atom. The summed E-state index contributed by atoms with van der Waals surface area (Å²) in [5, 5.41) is 14.2. The molecule has 0 fully saturated rings. The Balaban J connectivity index is 1.77. The maximum Gasteiger partial charge on any atom is 0.142 e. The van der Waals surface area contributed by atoms with Gasteiger partial charge in [-0.3, -0.25) is 4.98 Å². The molecule has 0 aliphatic heterocycles. The maximum atomic E-state index is 12.2. The van der Waals surface area contributed by atoms with Gasteiger partial charge in [-0.15, -0.1) is 0 Å². The zero-order chi connectivity index (χ0) is 23.9. The van der Waals surface area contributed by atoms with Crippen molar-refractivity contribution in [3.63, 3.8) is 0 Å². The van der Waals surface area contributed by atoms with Gasteiger partial charge >= 0.3 is 0 Å². The fraction of sp³-hybridized carbons (Fsp3) is 0.172. The standard InChI is InChI=1S/C29H24Cl2N2O/c1-18(2)26-27(31)24-16-21(12-13-25(24)33-28(26)19-7-3-4-8-19)29(34,22-10-6-14-32-17-22)20-9-5-11-23(30)15-20/h3,5-18,34H,4H2,1-2H3. The van der Waals surface area contributed by atoms with Gasteiger partial charge < -0.3 is 5.11 Å². The number of fused-ring (bicyclic) bond motifs is 1. The molecule has 0 amide bonds. The van der Waals surface area contributed by atoms with E-state index in [9.17, 15) is 5.11 Å². The summed E-state index contributed by atoms with van der Waals surface area (Å²) in [5.74, 6) is 0.183. The monoisotopic (exact) mass is 486 g/mol. The summed E-state index contributed by atoms with van der Waals surface area (Å²) in [5.41, 5.74) is 4.31. The predicted molar refractivity (Wildman–Crippen MR) is 140 cm³/mol. The summed E-state index contributed by atoms with van der Waals surface area (Å²) in [4.78, 5) is 9.26. The first kappa shape index (κ1) is 22.8. The highest BCUT2D eigenvalue weighted by Gasteiger charge is 2.35. The Hall–Kier alpha value is -2.98. The summed E-state index contributed by atoms with van der Waals surface area (Å²) in [6, 6.07) is 16.7. The second kappa shape index (κ2) is 8.99. The molecule has 3 nitrogen and oxygen atoms in total. The highest BCUT2D eigenvalue weighted by Crippen LogP contribution is 2.42. The molecule has 0 saturated carbocycles. The van der Waals surface area contributed by atoms with Gasteiger partial charge in [-0.05, 0) is 59.4 Å². The number of nitrogens with zero attached hydrogens (tertiary/aromatic N) is 2. The third-order valence-electron chi connectivity index (χ3n) is 6.32. The topological polar surface area (TPSA) is 46.0 Å². The Bertz CT molecular complexity index is 1440. The SMILES string of the molecule is CC(C)c1c(C2=CCC=C2)nc2ccc(C(O)(c3cccnc3)c3cccc(Cl)c3)cc2c1Cl. The van der Waals surface area contributed by atoms with Crippen LogP contribution in [0.15, 0.2) is 85.2 Å². The van der Waals surface area contributed by atoms with Gasteiger partial charge in [0.2, 0.25) is 0 Å². The van der Waals surface area contributed by atoms with Crippen molar-refractivity contribution in [2.24, 2.45) is 0 Å². The Morgan fingerprint density at radius 3 is 2.44 bits per heavy atom. The molecule has 4 aromatic rings. The van der Waals surface area contributed by atoms with Crippen LogP contribution >= 0.6 is 23.2 Å². The lowest BCUT2D eigenvalue weighted by atomic mass is 9.80. The molecule has 5 rings (SSSR count). The third kappa shape index (κ3) is 3.84. The fourth-order valence-corrected chi connectivity index (χ4v) is 5.28. The van der Waals surface area contributed by atoms with Crippen LogP contribution in [0.3, 0.4) is 0 Å². The summed E-state index contributed by atoms with van der Waals surface area (Å²) >= 11 is 13.4. The molecule has 1 unspecified atom stereocenters. The zero-order valence-electron chi connectivity index (χ0n) is 19.0. The number of pyridine rings is 2. The lowest BCUT2D eigenvalue weighted by Gasteiger charge is -2.30. The highest BCUT2D eigenvalue weighted by molar-refractivity contribution is 6.36. The molecule has 1 aliphatic carbocycles. The van der Waals surface area contributed by atoms with Gasteiger partial charge in [0.25, 0.3) is 0 Å². The van der Waals surface area contributed by atoms with Crippen LogP contribution in [0.2, 0.25) is 10.0 Å². The van der Waals surface area contributed by atoms with Crippen LogP contribution in [-0.4, -0.2) is 15.1 Å². The normalized spacial score (nSPS) is 15.1. The van der Waals surface area contributed by atoms with Crippen molar-refractivity contribution in [1.82, 2.24) is 9.97 Å². The van der Waals surface area contributed by atoms with Crippen LogP contribution in [0.1, 0.15) is 54.1 Å². The minimum absolute atomic E-state index is 0.183. The van der Waals surface area contributed by atoms with Crippen molar-refractivity contribution < 1.29 is 5.11 Å². The van der Waals surface area contributed by atoms with E-state index >= 15 is 0 Å². The lowest BCUT2D eigenvalue weighted by Crippen LogP contribution is -2.29. The number of aromatic nitrogens is 2. The van der Waals surface area contributed by atoms with Crippen LogP contribution in [0.25, 0.3) is 16.5 Å². The highest BCUT2D eigenvalue weighted by atomic mass is 35.5. The van der Waals surface area contributed by atoms with Crippen molar-refractivity contribution in [3.8, 4) is 0 Å². The molecule has 0 bridgehead atoms. The van der Waals surface area contributed by atoms with Crippen molar-refractivity contribution in [2.75, 3.05) is 0 Å². The van der Waals surface area contributed by atoms with Gasteiger partial charge in [0.15, 0.2) is 0 Å².